The molecule has 6 heteroatoms. The van der Waals surface area contributed by atoms with Crippen molar-refractivity contribution in [3.63, 3.8) is 0 Å². The molecule has 0 atom stereocenters. The topological polar surface area (TPSA) is 84.0 Å². The Hall–Kier alpha value is -1.98. The van der Waals surface area contributed by atoms with Gasteiger partial charge in [-0.05, 0) is 25.0 Å². The molecule has 1 rings (SSSR count). The molecule has 0 radical (unpaired) electrons. The lowest BCUT2D eigenvalue weighted by molar-refractivity contribution is -0.122. The summed E-state index contributed by atoms with van der Waals surface area (Å²) in [5.74, 6) is 0.0374. The molecule has 0 spiro atoms. The van der Waals surface area contributed by atoms with Crippen LogP contribution in [0, 0.1) is 0 Å². The smallest absolute Gasteiger partial charge is 0.220 e. The summed E-state index contributed by atoms with van der Waals surface area (Å²) in [5, 5.41) is 13.6. The minimum absolute atomic E-state index is 0.0187. The second-order valence-electron chi connectivity index (χ2n) is 4.57. The molecule has 0 aliphatic rings. The summed E-state index contributed by atoms with van der Waals surface area (Å²) in [4.78, 5) is 22.6. The van der Waals surface area contributed by atoms with Gasteiger partial charge in [-0.15, -0.1) is 0 Å². The highest BCUT2D eigenvalue weighted by molar-refractivity contribution is 5.76. The number of aromatic nitrogens is 2. The van der Waals surface area contributed by atoms with Gasteiger partial charge >= 0.3 is 0 Å². The highest BCUT2D eigenvalue weighted by Crippen LogP contribution is 1.98. The maximum Gasteiger partial charge on any atom is 0.220 e. The van der Waals surface area contributed by atoms with Crippen LogP contribution in [0.2, 0.25) is 0 Å². The summed E-state index contributed by atoms with van der Waals surface area (Å²) in [6.45, 7) is 4.69. The van der Waals surface area contributed by atoms with Crippen LogP contribution in [-0.4, -0.2) is 22.0 Å². The average Bonchev–Trinajstić information content (AvgIpc) is 2.45. The molecule has 110 valence electrons. The van der Waals surface area contributed by atoms with E-state index in [0.717, 1.165) is 12.8 Å². The van der Waals surface area contributed by atoms with Gasteiger partial charge in [-0.3, -0.25) is 9.59 Å². The molecule has 1 aromatic rings. The summed E-state index contributed by atoms with van der Waals surface area (Å²) in [6.07, 6.45) is 2.70. The number of amides is 2. The number of hydrogen-bond donors (Lipinski definition) is 2. The first-order valence-corrected chi connectivity index (χ1v) is 7.00. The molecule has 0 aliphatic heterocycles. The van der Waals surface area contributed by atoms with Crippen molar-refractivity contribution in [2.75, 3.05) is 0 Å². The first-order valence-electron chi connectivity index (χ1n) is 7.00. The van der Waals surface area contributed by atoms with E-state index in [-0.39, 0.29) is 11.8 Å². The summed E-state index contributed by atoms with van der Waals surface area (Å²) >= 11 is 0. The fraction of sp³-hybridized carbons (Fsp3) is 0.571. The van der Waals surface area contributed by atoms with E-state index in [2.05, 4.69) is 20.8 Å². The van der Waals surface area contributed by atoms with Crippen LogP contribution in [0.4, 0.5) is 0 Å². The van der Waals surface area contributed by atoms with Crippen molar-refractivity contribution in [1.29, 1.82) is 0 Å². The predicted octanol–water partition coefficient (Wildman–Crippen LogP) is 1.31. The Morgan fingerprint density at radius 1 is 0.900 bits per heavy atom. The molecule has 0 saturated heterocycles. The third-order valence-corrected chi connectivity index (χ3v) is 2.66. The lowest BCUT2D eigenvalue weighted by Crippen LogP contribution is -2.24. The van der Waals surface area contributed by atoms with Gasteiger partial charge in [0.2, 0.25) is 11.8 Å². The molecular formula is C14H22N4O2. The summed E-state index contributed by atoms with van der Waals surface area (Å²) < 4.78 is 0. The van der Waals surface area contributed by atoms with E-state index >= 15 is 0 Å². The first-order chi connectivity index (χ1) is 9.65. The monoisotopic (exact) mass is 278 g/mol. The molecule has 2 N–H and O–H groups in total. The van der Waals surface area contributed by atoms with E-state index in [1.807, 2.05) is 13.8 Å². The van der Waals surface area contributed by atoms with E-state index in [1.165, 1.54) is 0 Å². The molecule has 0 bridgehead atoms. The van der Waals surface area contributed by atoms with Crippen molar-refractivity contribution in [1.82, 2.24) is 20.8 Å². The standard InChI is InChI=1S/C14H22N4O2/c1-3-5-13(19)15-9-11-7-8-12(18-17-11)10-16-14(20)6-4-2/h7-8H,3-6,9-10H2,1-2H3,(H,15,19)(H,16,20). The lowest BCUT2D eigenvalue weighted by Gasteiger charge is -2.05. The van der Waals surface area contributed by atoms with Gasteiger partial charge < -0.3 is 10.6 Å². The van der Waals surface area contributed by atoms with Crippen molar-refractivity contribution in [2.45, 2.75) is 52.6 Å². The fourth-order valence-electron chi connectivity index (χ4n) is 1.59. The SMILES string of the molecule is CCCC(=O)NCc1ccc(CNC(=O)CCC)nn1. The highest BCUT2D eigenvalue weighted by atomic mass is 16.2. The maximum atomic E-state index is 11.3. The lowest BCUT2D eigenvalue weighted by atomic mass is 10.3. The van der Waals surface area contributed by atoms with Crippen LogP contribution in [0.15, 0.2) is 12.1 Å². The van der Waals surface area contributed by atoms with Crippen molar-refractivity contribution >= 4 is 11.8 Å². The third kappa shape index (κ3) is 6.26. The van der Waals surface area contributed by atoms with Gasteiger partial charge in [-0.2, -0.15) is 10.2 Å². The molecule has 0 fully saturated rings. The largest absolute Gasteiger partial charge is 0.350 e. The van der Waals surface area contributed by atoms with Crippen LogP contribution in [-0.2, 0) is 22.7 Å². The summed E-state index contributed by atoms with van der Waals surface area (Å²) in [7, 11) is 0. The highest BCUT2D eigenvalue weighted by Gasteiger charge is 2.03. The number of carbonyl (C=O) groups is 2. The quantitative estimate of drug-likeness (QED) is 0.751. The zero-order valence-electron chi connectivity index (χ0n) is 12.1. The van der Waals surface area contributed by atoms with Crippen molar-refractivity contribution in [3.05, 3.63) is 23.5 Å². The Morgan fingerprint density at radius 3 is 1.60 bits per heavy atom. The molecule has 2 amide bonds. The van der Waals surface area contributed by atoms with Crippen LogP contribution in [0.5, 0.6) is 0 Å². The zero-order valence-corrected chi connectivity index (χ0v) is 12.1. The van der Waals surface area contributed by atoms with Crippen molar-refractivity contribution < 1.29 is 9.59 Å². The molecule has 1 aromatic heterocycles. The van der Waals surface area contributed by atoms with Gasteiger partial charge in [-0.1, -0.05) is 13.8 Å². The van der Waals surface area contributed by atoms with E-state index in [1.54, 1.807) is 12.1 Å². The Labute approximate surface area is 119 Å². The molecule has 0 aromatic carbocycles. The molecular weight excluding hydrogens is 256 g/mol. The number of rotatable bonds is 8. The number of nitrogens with one attached hydrogen (secondary N) is 2. The number of hydrogen-bond acceptors (Lipinski definition) is 4. The molecule has 20 heavy (non-hydrogen) atoms. The molecule has 0 saturated carbocycles. The molecule has 0 aliphatic carbocycles. The Kier molecular flexibility index (Phi) is 7.24. The Bertz CT molecular complexity index is 390. The van der Waals surface area contributed by atoms with Crippen molar-refractivity contribution in [2.24, 2.45) is 0 Å². The van der Waals surface area contributed by atoms with Gasteiger partial charge in [0.25, 0.3) is 0 Å². The third-order valence-electron chi connectivity index (χ3n) is 2.66. The predicted molar refractivity (Wildman–Crippen MR) is 75.5 cm³/mol. The van der Waals surface area contributed by atoms with E-state index in [4.69, 9.17) is 0 Å². The van der Waals surface area contributed by atoms with E-state index in [0.29, 0.717) is 37.3 Å². The second kappa shape index (κ2) is 9.01. The molecule has 0 unspecified atom stereocenters. The Morgan fingerprint density at radius 2 is 1.30 bits per heavy atom. The van der Waals surface area contributed by atoms with Gasteiger partial charge in [0, 0.05) is 12.8 Å². The van der Waals surface area contributed by atoms with Crippen LogP contribution in [0.1, 0.15) is 50.9 Å². The summed E-state index contributed by atoms with van der Waals surface area (Å²) in [5.41, 5.74) is 1.41. The van der Waals surface area contributed by atoms with Gasteiger partial charge in [0.1, 0.15) is 0 Å². The second-order valence-corrected chi connectivity index (χ2v) is 4.57. The first kappa shape index (κ1) is 16.1. The van der Waals surface area contributed by atoms with Gasteiger partial charge in [0.05, 0.1) is 24.5 Å². The van der Waals surface area contributed by atoms with Crippen molar-refractivity contribution in [3.8, 4) is 0 Å². The van der Waals surface area contributed by atoms with Crippen LogP contribution in [0.25, 0.3) is 0 Å². The van der Waals surface area contributed by atoms with Gasteiger partial charge in [0.15, 0.2) is 0 Å². The van der Waals surface area contributed by atoms with E-state index < -0.39 is 0 Å². The molecule has 6 nitrogen and oxygen atoms in total. The average molecular weight is 278 g/mol. The minimum atomic E-state index is 0.0187. The zero-order chi connectivity index (χ0) is 14.8. The normalized spacial score (nSPS) is 10.1. The number of nitrogens with zero attached hydrogens (tertiary/aromatic N) is 2. The minimum Gasteiger partial charge on any atom is -0.350 e. The number of carbonyl (C=O) groups excluding carboxylic acids is 2. The fourth-order valence-corrected chi connectivity index (χ4v) is 1.59. The van der Waals surface area contributed by atoms with Gasteiger partial charge in [-0.25, -0.2) is 0 Å². The van der Waals surface area contributed by atoms with E-state index in [9.17, 15) is 9.59 Å². The Balaban J connectivity index is 2.36. The maximum absolute atomic E-state index is 11.3. The van der Waals surface area contributed by atoms with Crippen LogP contribution >= 0.6 is 0 Å². The molecule has 1 heterocycles. The summed E-state index contributed by atoms with van der Waals surface area (Å²) in [6, 6.07) is 3.61. The van der Waals surface area contributed by atoms with Crippen LogP contribution < -0.4 is 10.6 Å². The van der Waals surface area contributed by atoms with Crippen LogP contribution in [0.3, 0.4) is 0 Å².